The Morgan fingerprint density at radius 1 is 0.929 bits per heavy atom. The van der Waals surface area contributed by atoms with Crippen molar-refractivity contribution in [2.24, 2.45) is 0 Å². The Kier molecular flexibility index (Phi) is 3.95. The Morgan fingerprint density at radius 2 is 1.39 bits per heavy atom. The van der Waals surface area contributed by atoms with Gasteiger partial charge in [0.1, 0.15) is 0 Å². The Morgan fingerprint density at radius 3 is 1.86 bits per heavy atom. The van der Waals surface area contributed by atoms with Crippen molar-refractivity contribution in [2.45, 2.75) is 38.3 Å². The van der Waals surface area contributed by atoms with Gasteiger partial charge >= 0.3 is 24.0 Å². The number of ether oxygens (including phenoxy) is 2. The number of esters is 2. The maximum absolute atomic E-state index is 13.3. The molecule has 0 unspecified atom stereocenters. The SMILES string of the molecule is CCOC(=O)C12NC(=O)N3Cc4ccccc4CN(C(=O)N1)C32C(=O)OCC. The molecule has 0 spiro atoms. The van der Waals surface area contributed by atoms with E-state index in [4.69, 9.17) is 9.47 Å². The number of nitrogens with zero attached hydrogens (tertiary/aromatic N) is 2. The summed E-state index contributed by atoms with van der Waals surface area (Å²) in [7, 11) is 0. The Hall–Kier alpha value is -3.30. The maximum atomic E-state index is 13.3. The van der Waals surface area contributed by atoms with Crippen LogP contribution in [0.2, 0.25) is 0 Å². The van der Waals surface area contributed by atoms with Crippen LogP contribution in [0.15, 0.2) is 24.3 Å². The lowest BCUT2D eigenvalue weighted by Crippen LogP contribution is -2.74. The standard InChI is InChI=1S/C18H20N4O6/c1-3-27-13(23)17-18(14(24)28-4-2)21(15(25)19-17)9-11-7-5-6-8-12(11)10-22(18)16(26)20-17/h5-8H,3-4,9-10H2,1-2H3,(H,19,25)(H,20,26). The third kappa shape index (κ3) is 2.02. The minimum absolute atomic E-state index is 0.00541. The molecule has 0 aliphatic carbocycles. The van der Waals surface area contributed by atoms with E-state index in [1.807, 2.05) is 12.1 Å². The third-order valence-corrected chi connectivity index (χ3v) is 5.30. The first-order valence-corrected chi connectivity index (χ1v) is 9.03. The fourth-order valence-electron chi connectivity index (χ4n) is 4.17. The molecule has 4 amide bonds. The fourth-order valence-corrected chi connectivity index (χ4v) is 4.17. The van der Waals surface area contributed by atoms with Crippen LogP contribution in [-0.4, -0.2) is 58.3 Å². The predicted molar refractivity (Wildman–Crippen MR) is 93.3 cm³/mol. The number of hydrogen-bond donors (Lipinski definition) is 2. The Labute approximate surface area is 160 Å². The van der Waals surface area contributed by atoms with Gasteiger partial charge in [-0.25, -0.2) is 19.2 Å². The van der Waals surface area contributed by atoms with Gasteiger partial charge in [-0.2, -0.15) is 0 Å². The molecule has 2 fully saturated rings. The summed E-state index contributed by atoms with van der Waals surface area (Å²) >= 11 is 0. The summed E-state index contributed by atoms with van der Waals surface area (Å²) in [5, 5.41) is 4.98. The van der Waals surface area contributed by atoms with E-state index in [9.17, 15) is 19.2 Å². The zero-order valence-corrected chi connectivity index (χ0v) is 15.5. The van der Waals surface area contributed by atoms with Gasteiger partial charge in [0.15, 0.2) is 0 Å². The highest BCUT2D eigenvalue weighted by atomic mass is 16.5. The minimum Gasteiger partial charge on any atom is -0.463 e. The fraction of sp³-hybridized carbons (Fsp3) is 0.444. The molecule has 148 valence electrons. The third-order valence-electron chi connectivity index (χ3n) is 5.30. The molecule has 3 aliphatic rings. The average molecular weight is 388 g/mol. The van der Waals surface area contributed by atoms with Crippen LogP contribution >= 0.6 is 0 Å². The van der Waals surface area contributed by atoms with E-state index >= 15 is 0 Å². The second kappa shape index (κ2) is 6.11. The molecule has 3 heterocycles. The highest BCUT2D eigenvalue weighted by Crippen LogP contribution is 2.46. The topological polar surface area (TPSA) is 117 Å². The molecular formula is C18H20N4O6. The van der Waals surface area contributed by atoms with Crippen LogP contribution in [0, 0.1) is 0 Å². The van der Waals surface area contributed by atoms with Crippen molar-refractivity contribution in [1.82, 2.24) is 20.4 Å². The largest absolute Gasteiger partial charge is 0.463 e. The number of amides is 4. The molecule has 10 nitrogen and oxygen atoms in total. The number of rotatable bonds is 4. The van der Waals surface area contributed by atoms with Gasteiger partial charge in [-0.1, -0.05) is 24.3 Å². The van der Waals surface area contributed by atoms with Gasteiger partial charge in [0.2, 0.25) is 0 Å². The van der Waals surface area contributed by atoms with Gasteiger partial charge in [-0.05, 0) is 25.0 Å². The van der Waals surface area contributed by atoms with Gasteiger partial charge in [0.05, 0.1) is 26.3 Å². The number of urea groups is 2. The second-order valence-corrected chi connectivity index (χ2v) is 6.66. The first-order valence-electron chi connectivity index (χ1n) is 9.03. The summed E-state index contributed by atoms with van der Waals surface area (Å²) in [6.45, 7) is 3.26. The highest BCUT2D eigenvalue weighted by Gasteiger charge is 2.81. The van der Waals surface area contributed by atoms with E-state index in [1.54, 1.807) is 26.0 Å². The van der Waals surface area contributed by atoms with Crippen molar-refractivity contribution in [2.75, 3.05) is 13.2 Å². The van der Waals surface area contributed by atoms with E-state index in [0.717, 1.165) is 11.1 Å². The summed E-state index contributed by atoms with van der Waals surface area (Å²) in [5.41, 5.74) is -2.61. The lowest BCUT2D eigenvalue weighted by Gasteiger charge is -2.40. The summed E-state index contributed by atoms with van der Waals surface area (Å²) in [6, 6.07) is 5.88. The van der Waals surface area contributed by atoms with Gasteiger partial charge in [-0.3, -0.25) is 9.80 Å². The second-order valence-electron chi connectivity index (χ2n) is 6.66. The Balaban J connectivity index is 1.97. The first kappa shape index (κ1) is 18.1. The molecule has 3 aliphatic heterocycles. The molecule has 2 N–H and O–H groups in total. The zero-order chi connectivity index (χ0) is 20.1. The van der Waals surface area contributed by atoms with Crippen molar-refractivity contribution in [3.8, 4) is 0 Å². The zero-order valence-electron chi connectivity index (χ0n) is 15.5. The molecule has 1 aromatic rings. The van der Waals surface area contributed by atoms with Crippen LogP contribution in [0.1, 0.15) is 25.0 Å². The molecule has 0 aromatic heterocycles. The summed E-state index contributed by atoms with van der Waals surface area (Å²) < 4.78 is 10.4. The van der Waals surface area contributed by atoms with Crippen LogP contribution in [0.5, 0.6) is 0 Å². The van der Waals surface area contributed by atoms with Crippen molar-refractivity contribution >= 4 is 24.0 Å². The number of hydrogen-bond acceptors (Lipinski definition) is 6. The Bertz CT molecular complexity index is 838. The van der Waals surface area contributed by atoms with E-state index < -0.39 is 35.3 Å². The van der Waals surface area contributed by atoms with E-state index in [2.05, 4.69) is 10.6 Å². The van der Waals surface area contributed by atoms with Crippen molar-refractivity contribution < 1.29 is 28.7 Å². The molecule has 0 saturated carbocycles. The molecule has 0 bridgehead atoms. The highest BCUT2D eigenvalue weighted by molar-refractivity contribution is 6.09. The maximum Gasteiger partial charge on any atom is 0.358 e. The molecule has 2 saturated heterocycles. The smallest absolute Gasteiger partial charge is 0.358 e. The molecule has 28 heavy (non-hydrogen) atoms. The number of carbonyl (C=O) groups excluding carboxylic acids is 4. The lowest BCUT2D eigenvalue weighted by molar-refractivity contribution is -0.178. The van der Waals surface area contributed by atoms with Crippen LogP contribution in [0.3, 0.4) is 0 Å². The van der Waals surface area contributed by atoms with Crippen LogP contribution < -0.4 is 10.6 Å². The molecule has 0 radical (unpaired) electrons. The normalized spacial score (nSPS) is 27.4. The van der Waals surface area contributed by atoms with Crippen molar-refractivity contribution in [3.63, 3.8) is 0 Å². The molecule has 0 atom stereocenters. The summed E-state index contributed by atoms with van der Waals surface area (Å²) in [4.78, 5) is 54.4. The molecule has 10 heteroatoms. The van der Waals surface area contributed by atoms with Gasteiger partial charge in [-0.15, -0.1) is 0 Å². The molecular weight excluding hydrogens is 368 g/mol. The molecule has 1 aromatic carbocycles. The van der Waals surface area contributed by atoms with Crippen molar-refractivity contribution in [3.05, 3.63) is 35.4 Å². The van der Waals surface area contributed by atoms with Gasteiger partial charge < -0.3 is 20.1 Å². The van der Waals surface area contributed by atoms with Crippen LogP contribution in [0.25, 0.3) is 0 Å². The predicted octanol–water partition coefficient (Wildman–Crippen LogP) is 0.269. The number of carbonyl (C=O) groups is 4. The number of fused-ring (bicyclic) bond motifs is 1. The van der Waals surface area contributed by atoms with Crippen LogP contribution in [0.4, 0.5) is 9.59 Å². The lowest BCUT2D eigenvalue weighted by atomic mass is 9.93. The number of nitrogens with one attached hydrogen (secondary N) is 2. The quantitative estimate of drug-likeness (QED) is 0.715. The van der Waals surface area contributed by atoms with Gasteiger partial charge in [0.25, 0.3) is 11.3 Å². The number of benzene rings is 1. The minimum atomic E-state index is -2.11. The monoisotopic (exact) mass is 388 g/mol. The summed E-state index contributed by atoms with van der Waals surface area (Å²) in [6.07, 6.45) is 0. The van der Waals surface area contributed by atoms with Crippen molar-refractivity contribution in [1.29, 1.82) is 0 Å². The first-order chi connectivity index (χ1) is 13.4. The van der Waals surface area contributed by atoms with E-state index in [0.29, 0.717) is 0 Å². The summed E-state index contributed by atoms with van der Waals surface area (Å²) in [5.74, 6) is -1.81. The van der Waals surface area contributed by atoms with E-state index in [-0.39, 0.29) is 26.3 Å². The van der Waals surface area contributed by atoms with Crippen LogP contribution in [-0.2, 0) is 32.2 Å². The van der Waals surface area contributed by atoms with Gasteiger partial charge in [0, 0.05) is 0 Å². The average Bonchev–Trinajstić information content (AvgIpc) is 2.96. The molecule has 4 rings (SSSR count). The van der Waals surface area contributed by atoms with E-state index in [1.165, 1.54) is 9.80 Å².